The van der Waals surface area contributed by atoms with Crippen LogP contribution in [0.2, 0.25) is 0 Å². The molecule has 0 saturated carbocycles. The van der Waals surface area contributed by atoms with Gasteiger partial charge in [-0.1, -0.05) is 30.3 Å². The molecule has 0 aromatic heterocycles. The Morgan fingerprint density at radius 2 is 1.77 bits per heavy atom. The molecule has 30 heavy (non-hydrogen) atoms. The second-order valence-electron chi connectivity index (χ2n) is 6.24. The highest BCUT2D eigenvalue weighted by Crippen LogP contribution is 2.29. The number of benzene rings is 2. The Hall–Kier alpha value is -2.49. The van der Waals surface area contributed by atoms with Gasteiger partial charge in [0.25, 0.3) is 0 Å². The lowest BCUT2D eigenvalue weighted by atomic mass is 10.2. The summed E-state index contributed by atoms with van der Waals surface area (Å²) < 4.78 is 11.1. The summed E-state index contributed by atoms with van der Waals surface area (Å²) in [4.78, 5) is 18.5. The zero-order valence-corrected chi connectivity index (χ0v) is 20.1. The number of likely N-dealkylation sites (N-methyl/N-ethyl adjacent to an activating group) is 1. The number of carbonyl (C=O) groups excluding carboxylic acids is 1. The summed E-state index contributed by atoms with van der Waals surface area (Å²) in [5, 5.41) is 3.01. The molecule has 1 amide bonds. The van der Waals surface area contributed by atoms with Crippen LogP contribution in [0.5, 0.6) is 11.5 Å². The minimum Gasteiger partial charge on any atom is -0.494 e. The number of nitrogens with zero attached hydrogens (tertiary/aromatic N) is 2. The summed E-state index contributed by atoms with van der Waals surface area (Å²) >= 11 is 0. The molecule has 8 heteroatoms. The average molecular weight is 526 g/mol. The Balaban J connectivity index is 0.00000450. The van der Waals surface area contributed by atoms with E-state index in [2.05, 4.69) is 10.3 Å². The van der Waals surface area contributed by atoms with Crippen molar-refractivity contribution in [1.29, 1.82) is 0 Å². The molecule has 2 rings (SSSR count). The number of hydrogen-bond donors (Lipinski definition) is 2. The number of hydrogen-bond acceptors (Lipinski definition) is 4. The highest BCUT2D eigenvalue weighted by Gasteiger charge is 2.12. The summed E-state index contributed by atoms with van der Waals surface area (Å²) in [7, 11) is 0. The van der Waals surface area contributed by atoms with Gasteiger partial charge in [0.05, 0.1) is 18.9 Å². The second-order valence-corrected chi connectivity index (χ2v) is 6.24. The predicted octanol–water partition coefficient (Wildman–Crippen LogP) is 3.88. The van der Waals surface area contributed by atoms with Gasteiger partial charge in [-0.15, -0.1) is 24.0 Å². The first-order valence-electron chi connectivity index (χ1n) is 9.85. The highest BCUT2D eigenvalue weighted by atomic mass is 127. The Kier molecular flexibility index (Phi) is 11.7. The lowest BCUT2D eigenvalue weighted by Crippen LogP contribution is -2.33. The zero-order chi connectivity index (χ0) is 21.1. The molecule has 7 nitrogen and oxygen atoms in total. The maximum atomic E-state index is 12.5. The Labute approximate surface area is 195 Å². The van der Waals surface area contributed by atoms with E-state index in [0.29, 0.717) is 43.5 Å². The van der Waals surface area contributed by atoms with Crippen LogP contribution in [0.4, 0.5) is 5.69 Å². The molecule has 0 heterocycles. The largest absolute Gasteiger partial charge is 0.494 e. The topological polar surface area (TPSA) is 89.2 Å². The number of amides is 1. The number of nitrogens with one attached hydrogen (secondary N) is 1. The first-order valence-corrected chi connectivity index (χ1v) is 9.85. The summed E-state index contributed by atoms with van der Waals surface area (Å²) in [5.74, 6) is 1.39. The van der Waals surface area contributed by atoms with Gasteiger partial charge in [-0.25, -0.2) is 4.99 Å². The average Bonchev–Trinajstić information content (AvgIpc) is 2.73. The molecular weight excluding hydrogens is 495 g/mol. The Morgan fingerprint density at radius 1 is 1.07 bits per heavy atom. The van der Waals surface area contributed by atoms with Crippen molar-refractivity contribution in [1.82, 2.24) is 4.90 Å². The van der Waals surface area contributed by atoms with E-state index in [0.717, 1.165) is 5.56 Å². The fourth-order valence-corrected chi connectivity index (χ4v) is 2.76. The van der Waals surface area contributed by atoms with E-state index in [9.17, 15) is 4.79 Å². The van der Waals surface area contributed by atoms with Crippen molar-refractivity contribution in [2.75, 3.05) is 31.6 Å². The van der Waals surface area contributed by atoms with E-state index in [4.69, 9.17) is 15.2 Å². The number of carbonyl (C=O) groups is 1. The normalized spacial score (nSPS) is 10.7. The quantitative estimate of drug-likeness (QED) is 0.279. The van der Waals surface area contributed by atoms with E-state index in [-0.39, 0.29) is 42.4 Å². The standard InChI is InChI=1S/C22H30N4O3.HI/c1-4-26(16-17-10-8-7-9-11-17)21(27)15-24-22(23)25-19-14-18(28-5-2)12-13-20(19)29-6-3;/h7-14H,4-6,15-16H2,1-3H3,(H3,23,24,25);1H. The molecule has 0 saturated heterocycles. The number of nitrogens with two attached hydrogens (primary N) is 1. The van der Waals surface area contributed by atoms with Crippen LogP contribution in [-0.4, -0.2) is 43.1 Å². The van der Waals surface area contributed by atoms with Crippen molar-refractivity contribution >= 4 is 41.5 Å². The number of rotatable bonds is 10. The third-order valence-corrected chi connectivity index (χ3v) is 4.16. The van der Waals surface area contributed by atoms with Crippen LogP contribution in [-0.2, 0) is 11.3 Å². The van der Waals surface area contributed by atoms with E-state index in [1.54, 1.807) is 11.0 Å². The molecule has 3 N–H and O–H groups in total. The van der Waals surface area contributed by atoms with Crippen molar-refractivity contribution in [2.24, 2.45) is 10.7 Å². The number of halogens is 1. The van der Waals surface area contributed by atoms with E-state index in [1.807, 2.05) is 63.2 Å². The molecule has 0 atom stereocenters. The molecule has 0 fully saturated rings. The van der Waals surface area contributed by atoms with Gasteiger partial charge in [0.15, 0.2) is 5.96 Å². The monoisotopic (exact) mass is 526 g/mol. The van der Waals surface area contributed by atoms with Gasteiger partial charge in [0.1, 0.15) is 18.0 Å². The third kappa shape index (κ3) is 8.10. The molecule has 164 valence electrons. The van der Waals surface area contributed by atoms with E-state index in [1.165, 1.54) is 0 Å². The first-order chi connectivity index (χ1) is 14.1. The Morgan fingerprint density at radius 3 is 2.40 bits per heavy atom. The van der Waals surface area contributed by atoms with Gasteiger partial charge < -0.3 is 25.4 Å². The lowest BCUT2D eigenvalue weighted by molar-refractivity contribution is -0.130. The van der Waals surface area contributed by atoms with Crippen LogP contribution < -0.4 is 20.5 Å². The van der Waals surface area contributed by atoms with E-state index < -0.39 is 0 Å². The van der Waals surface area contributed by atoms with E-state index >= 15 is 0 Å². The molecule has 0 spiro atoms. The first kappa shape index (κ1) is 25.5. The van der Waals surface area contributed by atoms with Crippen LogP contribution in [0, 0.1) is 0 Å². The maximum Gasteiger partial charge on any atom is 0.244 e. The summed E-state index contributed by atoms with van der Waals surface area (Å²) in [5.41, 5.74) is 7.73. The fourth-order valence-electron chi connectivity index (χ4n) is 2.76. The third-order valence-electron chi connectivity index (χ3n) is 4.16. The highest BCUT2D eigenvalue weighted by molar-refractivity contribution is 14.0. The number of aliphatic imine (C=N–C) groups is 1. The lowest BCUT2D eigenvalue weighted by Gasteiger charge is -2.20. The Bertz CT molecular complexity index is 815. The van der Waals surface area contributed by atoms with Crippen LogP contribution in [0.15, 0.2) is 53.5 Å². The van der Waals surface area contributed by atoms with Crippen molar-refractivity contribution in [3.8, 4) is 11.5 Å². The van der Waals surface area contributed by atoms with Gasteiger partial charge in [0, 0.05) is 19.2 Å². The van der Waals surface area contributed by atoms with Crippen LogP contribution in [0.1, 0.15) is 26.3 Å². The molecule has 0 aliphatic carbocycles. The maximum absolute atomic E-state index is 12.5. The van der Waals surface area contributed by atoms with Crippen molar-refractivity contribution in [2.45, 2.75) is 27.3 Å². The number of ether oxygens (including phenoxy) is 2. The van der Waals surface area contributed by atoms with Gasteiger partial charge in [0.2, 0.25) is 5.91 Å². The van der Waals surface area contributed by atoms with Gasteiger partial charge in [-0.2, -0.15) is 0 Å². The van der Waals surface area contributed by atoms with Gasteiger partial charge >= 0.3 is 0 Å². The summed E-state index contributed by atoms with van der Waals surface area (Å²) in [6.07, 6.45) is 0. The van der Waals surface area contributed by atoms with Crippen LogP contribution in [0.25, 0.3) is 0 Å². The SMILES string of the molecule is CCOc1ccc(OCC)c(NC(N)=NCC(=O)N(CC)Cc2ccccc2)c1.I. The second kappa shape index (κ2) is 13.7. The predicted molar refractivity (Wildman–Crippen MR) is 132 cm³/mol. The molecule has 0 bridgehead atoms. The van der Waals surface area contributed by atoms with Gasteiger partial charge in [-0.3, -0.25) is 4.79 Å². The molecule has 0 radical (unpaired) electrons. The van der Waals surface area contributed by atoms with Crippen molar-refractivity contribution in [3.05, 3.63) is 54.1 Å². The molecule has 0 aliphatic rings. The number of guanidine groups is 1. The van der Waals surface area contributed by atoms with Crippen LogP contribution >= 0.6 is 24.0 Å². The smallest absolute Gasteiger partial charge is 0.244 e. The molecular formula is C22H31IN4O3. The molecule has 2 aromatic carbocycles. The van der Waals surface area contributed by atoms with Gasteiger partial charge in [-0.05, 0) is 38.5 Å². The van der Waals surface area contributed by atoms with Crippen LogP contribution in [0.3, 0.4) is 0 Å². The minimum absolute atomic E-state index is 0. The summed E-state index contributed by atoms with van der Waals surface area (Å²) in [6, 6.07) is 15.3. The zero-order valence-electron chi connectivity index (χ0n) is 17.8. The molecule has 0 aliphatic heterocycles. The van der Waals surface area contributed by atoms with Crippen molar-refractivity contribution < 1.29 is 14.3 Å². The fraction of sp³-hybridized carbons (Fsp3) is 0.364. The van der Waals surface area contributed by atoms with Crippen molar-refractivity contribution in [3.63, 3.8) is 0 Å². The molecule has 0 unspecified atom stereocenters. The summed E-state index contributed by atoms with van der Waals surface area (Å²) in [6.45, 7) is 7.95. The minimum atomic E-state index is -0.0887. The number of anilines is 1. The molecule has 2 aromatic rings.